The summed E-state index contributed by atoms with van der Waals surface area (Å²) in [6.45, 7) is 3.33. The first-order chi connectivity index (χ1) is 22.2. The second-order valence-corrected chi connectivity index (χ2v) is 12.0. The van der Waals surface area contributed by atoms with Crippen LogP contribution in [-0.4, -0.2) is 91.4 Å². The number of nitrogens with one attached hydrogen (secondary N) is 3. The van der Waals surface area contributed by atoms with Crippen LogP contribution in [0.3, 0.4) is 0 Å². The summed E-state index contributed by atoms with van der Waals surface area (Å²) in [7, 11) is 0. The smallest absolute Gasteiger partial charge is 0.336 e. The Morgan fingerprint density at radius 2 is 1.67 bits per heavy atom. The lowest BCUT2D eigenvalue weighted by molar-refractivity contribution is -0.657. The van der Waals surface area contributed by atoms with Gasteiger partial charge in [-0.3, -0.25) is 4.79 Å². The number of carbonyl (C=O) groups is 2. The van der Waals surface area contributed by atoms with E-state index >= 15 is 0 Å². The number of ether oxygens (including phenoxy) is 4. The number of esters is 1. The number of thiocarbonyl (C=S) groups is 1. The molecule has 1 fully saturated rings. The van der Waals surface area contributed by atoms with Gasteiger partial charge in [0.05, 0.1) is 45.1 Å². The first-order valence-electron chi connectivity index (χ1n) is 15.3. The minimum absolute atomic E-state index is 0.00103. The molecule has 14 heteroatoms. The van der Waals surface area contributed by atoms with Crippen LogP contribution in [-0.2, 0) is 29.4 Å². The van der Waals surface area contributed by atoms with Crippen molar-refractivity contribution < 1.29 is 44.1 Å². The summed E-state index contributed by atoms with van der Waals surface area (Å²) in [5.41, 5.74) is 6.90. The van der Waals surface area contributed by atoms with Crippen molar-refractivity contribution in [1.29, 1.82) is 0 Å². The lowest BCUT2D eigenvalue weighted by Crippen LogP contribution is -2.90. The van der Waals surface area contributed by atoms with Gasteiger partial charge in [0.2, 0.25) is 0 Å². The van der Waals surface area contributed by atoms with E-state index in [4.69, 9.17) is 36.9 Å². The van der Waals surface area contributed by atoms with Crippen LogP contribution in [0.2, 0.25) is 0 Å². The Hall–Kier alpha value is -4.21. The van der Waals surface area contributed by atoms with Crippen molar-refractivity contribution in [3.8, 4) is 23.0 Å². The van der Waals surface area contributed by atoms with Crippen LogP contribution in [0, 0.1) is 0 Å². The molecule has 3 aliphatic heterocycles. The van der Waals surface area contributed by atoms with Crippen LogP contribution >= 0.6 is 12.2 Å². The zero-order valence-corrected chi connectivity index (χ0v) is 25.9. The summed E-state index contributed by atoms with van der Waals surface area (Å²) in [5, 5.41) is 31.8. The topological polar surface area (TPSA) is 190 Å². The van der Waals surface area contributed by atoms with E-state index in [1.807, 2.05) is 17.5 Å². The van der Waals surface area contributed by atoms with E-state index in [2.05, 4.69) is 16.0 Å². The maximum absolute atomic E-state index is 13.3. The van der Waals surface area contributed by atoms with Gasteiger partial charge in [-0.1, -0.05) is 12.2 Å². The normalized spacial score (nSPS) is 22.0. The highest BCUT2D eigenvalue weighted by atomic mass is 32.1. The molecule has 6 rings (SSSR count). The molecule has 46 heavy (non-hydrogen) atoms. The first-order valence-corrected chi connectivity index (χ1v) is 15.7. The minimum atomic E-state index is -1.28. The number of benzene rings is 2. The van der Waals surface area contributed by atoms with Crippen LogP contribution in [0.15, 0.2) is 59.7 Å². The quantitative estimate of drug-likeness (QED) is 0.0972. The van der Waals surface area contributed by atoms with Gasteiger partial charge in [-0.25, -0.2) is 4.79 Å². The van der Waals surface area contributed by atoms with Gasteiger partial charge in [-0.05, 0) is 36.5 Å². The number of rotatable bonds is 11. The largest absolute Gasteiger partial charge is 0.508 e. The van der Waals surface area contributed by atoms with Crippen molar-refractivity contribution in [2.24, 2.45) is 5.73 Å². The summed E-state index contributed by atoms with van der Waals surface area (Å²) in [6, 6.07) is 9.05. The number of hydrogen-bond donors (Lipinski definition) is 7. The third kappa shape index (κ3) is 6.52. The zero-order chi connectivity index (χ0) is 32.3. The lowest BCUT2D eigenvalue weighted by atomic mass is 9.75. The highest BCUT2D eigenvalue weighted by molar-refractivity contribution is 7.80. The number of hydrogen-bond acceptors (Lipinski definition) is 10. The average molecular weight is 653 g/mol. The third-order valence-corrected chi connectivity index (χ3v) is 8.67. The number of quaternary nitrogens is 1. The van der Waals surface area contributed by atoms with E-state index < -0.39 is 11.6 Å². The van der Waals surface area contributed by atoms with Crippen LogP contribution in [0.4, 0.5) is 0 Å². The monoisotopic (exact) mass is 652 g/mol. The van der Waals surface area contributed by atoms with Gasteiger partial charge >= 0.3 is 5.97 Å². The first kappa shape index (κ1) is 31.8. The highest BCUT2D eigenvalue weighted by Gasteiger charge is 2.55. The summed E-state index contributed by atoms with van der Waals surface area (Å²) in [5.74, 6) is 0.207. The Morgan fingerprint density at radius 3 is 2.30 bits per heavy atom. The van der Waals surface area contributed by atoms with Gasteiger partial charge in [0.15, 0.2) is 16.8 Å². The number of phenols is 2. The predicted molar refractivity (Wildman–Crippen MR) is 169 cm³/mol. The van der Waals surface area contributed by atoms with Crippen molar-refractivity contribution in [3.05, 3.63) is 70.8 Å². The molecular weight excluding hydrogens is 614 g/mol. The Morgan fingerprint density at radius 1 is 1.02 bits per heavy atom. The SMILES string of the molecule is N[C@H]1C[NH2+][C@@H](C(=O)NCCOCCOCCNC(=S)NC2C=CC3=C(C2)C(=O)OC32c3ccc(O)cc3Oc3cc(O)ccc32)C1. The molecule has 1 amide bonds. The Kier molecular flexibility index (Phi) is 9.42. The molecule has 0 bridgehead atoms. The molecular formula is C32H38N5O8S+. The Balaban J connectivity index is 0.949. The molecule has 244 valence electrons. The fourth-order valence-corrected chi connectivity index (χ4v) is 6.51. The van der Waals surface area contributed by atoms with Crippen molar-refractivity contribution in [1.82, 2.24) is 16.0 Å². The molecule has 4 aliphatic rings. The van der Waals surface area contributed by atoms with Gasteiger partial charge in [0, 0.05) is 60.3 Å². The lowest BCUT2D eigenvalue weighted by Gasteiger charge is -2.37. The number of nitrogens with two attached hydrogens (primary N) is 2. The van der Waals surface area contributed by atoms with Crippen LogP contribution in [0.25, 0.3) is 0 Å². The van der Waals surface area contributed by atoms with Crippen molar-refractivity contribution in [2.75, 3.05) is 46.1 Å². The van der Waals surface area contributed by atoms with Crippen LogP contribution in [0.1, 0.15) is 24.0 Å². The summed E-state index contributed by atoms with van der Waals surface area (Å²) in [6.07, 6.45) is 4.83. The van der Waals surface area contributed by atoms with E-state index in [-0.39, 0.29) is 35.5 Å². The maximum atomic E-state index is 13.3. The molecule has 13 nitrogen and oxygen atoms in total. The minimum Gasteiger partial charge on any atom is -0.508 e. The third-order valence-electron chi connectivity index (χ3n) is 8.41. The van der Waals surface area contributed by atoms with Crippen LogP contribution < -0.4 is 31.7 Å². The number of fused-ring (bicyclic) bond motifs is 5. The number of phenolic OH excluding ortho intramolecular Hbond substituents is 2. The molecule has 2 aromatic rings. The van der Waals surface area contributed by atoms with E-state index in [1.54, 1.807) is 12.1 Å². The molecule has 0 radical (unpaired) electrons. The van der Waals surface area contributed by atoms with E-state index in [1.165, 1.54) is 24.3 Å². The zero-order valence-electron chi connectivity index (χ0n) is 25.1. The summed E-state index contributed by atoms with van der Waals surface area (Å²) >= 11 is 5.47. The molecule has 9 N–H and O–H groups in total. The van der Waals surface area contributed by atoms with Gasteiger partial charge in [-0.15, -0.1) is 0 Å². The summed E-state index contributed by atoms with van der Waals surface area (Å²) < 4.78 is 23.3. The van der Waals surface area contributed by atoms with Crippen LogP contribution in [0.5, 0.6) is 23.0 Å². The average Bonchev–Trinajstić information content (AvgIpc) is 3.58. The number of carbonyl (C=O) groups excluding carboxylic acids is 2. The Bertz CT molecular complexity index is 1530. The van der Waals surface area contributed by atoms with Gasteiger partial charge in [0.1, 0.15) is 23.0 Å². The molecule has 2 aromatic carbocycles. The van der Waals surface area contributed by atoms with Crippen molar-refractivity contribution >= 4 is 29.2 Å². The van der Waals surface area contributed by atoms with E-state index in [0.717, 1.165) is 6.54 Å². The molecule has 3 heterocycles. The van der Waals surface area contributed by atoms with Crippen molar-refractivity contribution in [3.63, 3.8) is 0 Å². The number of aromatic hydroxyl groups is 2. The molecule has 3 atom stereocenters. The molecule has 1 unspecified atom stereocenters. The molecule has 1 spiro atoms. The maximum Gasteiger partial charge on any atom is 0.336 e. The fourth-order valence-electron chi connectivity index (χ4n) is 6.25. The molecule has 0 saturated carbocycles. The van der Waals surface area contributed by atoms with Crippen molar-refractivity contribution in [2.45, 2.75) is 36.6 Å². The second-order valence-electron chi connectivity index (χ2n) is 11.6. The van der Waals surface area contributed by atoms with E-state index in [0.29, 0.717) is 91.2 Å². The Labute approximate surface area is 271 Å². The fraction of sp³-hybridized carbons (Fsp3) is 0.406. The second kappa shape index (κ2) is 13.6. The van der Waals surface area contributed by atoms with Gasteiger partial charge in [-0.2, -0.15) is 0 Å². The highest BCUT2D eigenvalue weighted by Crippen LogP contribution is 2.58. The summed E-state index contributed by atoms with van der Waals surface area (Å²) in [4.78, 5) is 25.4. The van der Waals surface area contributed by atoms with Gasteiger partial charge < -0.3 is 56.2 Å². The standard InChI is InChI=1S/C32H37N5O8S/c33-18-13-26(36-17-18)29(40)34-7-9-42-11-12-43-10-8-35-31(46)37-19-1-4-23-22(14-19)30(41)45-32(23)24-5-2-20(38)15-27(24)44-28-16-21(39)3-6-25(28)32/h1-6,15-16,18-19,26,36,38-39H,7-14,17,33H2,(H,34,40)(H2,35,37,46)/p+1/t18-,19?,26-/m1/s1. The van der Waals surface area contributed by atoms with Gasteiger partial charge in [0.25, 0.3) is 5.91 Å². The van der Waals surface area contributed by atoms with E-state index in [9.17, 15) is 19.8 Å². The predicted octanol–water partition coefficient (Wildman–Crippen LogP) is -0.0945. The molecule has 1 saturated heterocycles. The molecule has 0 aromatic heterocycles. The molecule has 1 aliphatic carbocycles. The number of amides is 1.